The largest absolute Gasteiger partial charge is 0.354 e. The molecule has 7 nitrogen and oxygen atoms in total. The zero-order valence-electron chi connectivity index (χ0n) is 21.5. The third-order valence-electron chi connectivity index (χ3n) is 5.84. The molecule has 0 saturated carbocycles. The number of hydrogen-bond donors (Lipinski definition) is 1. The first-order valence-corrected chi connectivity index (χ1v) is 15.0. The van der Waals surface area contributed by atoms with Gasteiger partial charge >= 0.3 is 0 Å². The van der Waals surface area contributed by atoms with E-state index in [1.165, 1.54) is 17.0 Å². The van der Waals surface area contributed by atoms with Crippen LogP contribution in [0, 0.1) is 9.49 Å². The lowest BCUT2D eigenvalue weighted by atomic mass is 10.1. The number of halogens is 2. The maximum Gasteiger partial charge on any atom is 0.264 e. The van der Waals surface area contributed by atoms with Gasteiger partial charge in [-0.05, 0) is 89.5 Å². The zero-order chi connectivity index (χ0) is 27.9. The van der Waals surface area contributed by atoms with Crippen molar-refractivity contribution in [3.05, 3.63) is 93.0 Å². The summed E-state index contributed by atoms with van der Waals surface area (Å²) in [6.45, 7) is 5.70. The van der Waals surface area contributed by atoms with Crippen molar-refractivity contribution in [1.82, 2.24) is 10.2 Å². The smallest absolute Gasteiger partial charge is 0.264 e. The summed E-state index contributed by atoms with van der Waals surface area (Å²) >= 11 is 8.17. The first-order chi connectivity index (χ1) is 18.0. The molecule has 3 rings (SSSR count). The molecule has 0 aliphatic rings. The van der Waals surface area contributed by atoms with Gasteiger partial charge in [-0.2, -0.15) is 0 Å². The van der Waals surface area contributed by atoms with Gasteiger partial charge in [-0.15, -0.1) is 0 Å². The Morgan fingerprint density at radius 3 is 2.11 bits per heavy atom. The fourth-order valence-corrected chi connectivity index (χ4v) is 5.60. The fourth-order valence-electron chi connectivity index (χ4n) is 3.68. The Hall–Kier alpha value is -2.63. The molecule has 0 radical (unpaired) electrons. The summed E-state index contributed by atoms with van der Waals surface area (Å²) in [5, 5.41) is 3.42. The molecule has 0 spiro atoms. The minimum Gasteiger partial charge on any atom is -0.354 e. The number of benzene rings is 3. The Kier molecular flexibility index (Phi) is 10.6. The van der Waals surface area contributed by atoms with Gasteiger partial charge in [0, 0.05) is 21.7 Å². The number of amides is 2. The molecule has 202 valence electrons. The summed E-state index contributed by atoms with van der Waals surface area (Å²) in [6.07, 6.45) is 0. The summed E-state index contributed by atoms with van der Waals surface area (Å²) in [5.74, 6) is -0.586. The van der Waals surface area contributed by atoms with Crippen molar-refractivity contribution in [2.75, 3.05) is 17.4 Å². The van der Waals surface area contributed by atoms with Crippen molar-refractivity contribution in [3.8, 4) is 0 Å². The predicted octanol–water partition coefficient (Wildman–Crippen LogP) is 5.33. The first kappa shape index (κ1) is 29.9. The summed E-state index contributed by atoms with van der Waals surface area (Å²) in [7, 11) is -4.08. The molecule has 0 aliphatic carbocycles. The molecule has 1 atom stereocenters. The number of carbonyl (C=O) groups is 2. The van der Waals surface area contributed by atoms with Crippen LogP contribution in [-0.2, 0) is 26.2 Å². The van der Waals surface area contributed by atoms with Crippen molar-refractivity contribution in [1.29, 1.82) is 0 Å². The molecule has 38 heavy (non-hydrogen) atoms. The first-order valence-electron chi connectivity index (χ1n) is 12.1. The van der Waals surface area contributed by atoms with E-state index in [4.69, 9.17) is 11.6 Å². The van der Waals surface area contributed by atoms with Crippen LogP contribution in [0.2, 0.25) is 5.02 Å². The van der Waals surface area contributed by atoms with E-state index in [1.807, 2.05) is 13.8 Å². The van der Waals surface area contributed by atoms with Crippen LogP contribution in [0.15, 0.2) is 83.8 Å². The molecule has 0 unspecified atom stereocenters. The van der Waals surface area contributed by atoms with E-state index >= 15 is 0 Å². The molecule has 2 amide bonds. The SMILES string of the molecule is CC(C)CNC(=O)[C@@H](C)N(Cc1ccc(Cl)cc1)C(=O)CN(c1ccc(I)cc1)S(=O)(=O)c1ccccc1. The minimum absolute atomic E-state index is 0.0679. The molecule has 0 saturated heterocycles. The van der Waals surface area contributed by atoms with E-state index in [0.29, 0.717) is 17.3 Å². The summed E-state index contributed by atoms with van der Waals surface area (Å²) < 4.78 is 29.4. The van der Waals surface area contributed by atoms with E-state index < -0.39 is 28.5 Å². The van der Waals surface area contributed by atoms with Crippen LogP contribution in [-0.4, -0.2) is 44.3 Å². The van der Waals surface area contributed by atoms with E-state index in [0.717, 1.165) is 13.4 Å². The van der Waals surface area contributed by atoms with Gasteiger partial charge < -0.3 is 10.2 Å². The molecule has 0 heterocycles. The van der Waals surface area contributed by atoms with Crippen molar-refractivity contribution in [2.24, 2.45) is 5.92 Å². The lowest BCUT2D eigenvalue weighted by Crippen LogP contribution is -2.51. The number of anilines is 1. The summed E-state index contributed by atoms with van der Waals surface area (Å²) in [4.78, 5) is 28.3. The number of nitrogens with zero attached hydrogens (tertiary/aromatic N) is 2. The molecule has 3 aromatic carbocycles. The fraction of sp³-hybridized carbons (Fsp3) is 0.286. The lowest BCUT2D eigenvalue weighted by Gasteiger charge is -2.32. The molecule has 3 aromatic rings. The Morgan fingerprint density at radius 1 is 0.921 bits per heavy atom. The molecule has 0 fully saturated rings. The molecule has 0 aliphatic heterocycles. The maximum absolute atomic E-state index is 13.8. The highest BCUT2D eigenvalue weighted by Crippen LogP contribution is 2.25. The van der Waals surface area contributed by atoms with E-state index in [2.05, 4.69) is 27.9 Å². The van der Waals surface area contributed by atoms with Crippen LogP contribution in [0.25, 0.3) is 0 Å². The molecular weight excluding hydrogens is 637 g/mol. The van der Waals surface area contributed by atoms with Gasteiger partial charge in [-0.25, -0.2) is 8.42 Å². The number of rotatable bonds is 11. The highest BCUT2D eigenvalue weighted by atomic mass is 127. The Labute approximate surface area is 243 Å². The molecule has 10 heteroatoms. The van der Waals surface area contributed by atoms with Crippen LogP contribution in [0.5, 0.6) is 0 Å². The second-order valence-electron chi connectivity index (χ2n) is 9.26. The van der Waals surface area contributed by atoms with Crippen LogP contribution in [0.1, 0.15) is 26.3 Å². The maximum atomic E-state index is 13.8. The Bertz CT molecular complexity index is 1330. The summed E-state index contributed by atoms with van der Waals surface area (Å²) in [6, 6.07) is 21.0. The second kappa shape index (κ2) is 13.4. The average molecular weight is 668 g/mol. The second-order valence-corrected chi connectivity index (χ2v) is 12.8. The molecule has 0 bridgehead atoms. The number of hydrogen-bond acceptors (Lipinski definition) is 4. The van der Waals surface area contributed by atoms with Crippen LogP contribution in [0.3, 0.4) is 0 Å². The third kappa shape index (κ3) is 7.94. The monoisotopic (exact) mass is 667 g/mol. The van der Waals surface area contributed by atoms with Gasteiger partial charge in [0.2, 0.25) is 11.8 Å². The summed E-state index contributed by atoms with van der Waals surface area (Å²) in [5.41, 5.74) is 1.11. The van der Waals surface area contributed by atoms with E-state index in [1.54, 1.807) is 73.7 Å². The van der Waals surface area contributed by atoms with E-state index in [-0.39, 0.29) is 23.3 Å². The van der Waals surface area contributed by atoms with Gasteiger partial charge in [0.15, 0.2) is 0 Å². The minimum atomic E-state index is -4.08. The Balaban J connectivity index is 1.98. The highest BCUT2D eigenvalue weighted by molar-refractivity contribution is 14.1. The third-order valence-corrected chi connectivity index (χ3v) is 8.60. The molecule has 1 N–H and O–H groups in total. The van der Waals surface area contributed by atoms with Gasteiger partial charge in [0.1, 0.15) is 12.6 Å². The van der Waals surface area contributed by atoms with Gasteiger partial charge in [0.25, 0.3) is 10.0 Å². The quantitative estimate of drug-likeness (QED) is 0.280. The average Bonchev–Trinajstić information content (AvgIpc) is 2.90. The van der Waals surface area contributed by atoms with Crippen molar-refractivity contribution < 1.29 is 18.0 Å². The lowest BCUT2D eigenvalue weighted by molar-refractivity contribution is -0.139. The van der Waals surface area contributed by atoms with Crippen LogP contribution >= 0.6 is 34.2 Å². The molecule has 0 aromatic heterocycles. The molecular formula is C28H31ClIN3O4S. The van der Waals surface area contributed by atoms with Gasteiger partial charge in [-0.3, -0.25) is 13.9 Å². The van der Waals surface area contributed by atoms with Gasteiger partial charge in [-0.1, -0.05) is 55.8 Å². The van der Waals surface area contributed by atoms with Crippen molar-refractivity contribution in [2.45, 2.75) is 38.3 Å². The number of nitrogens with one attached hydrogen (secondary N) is 1. The van der Waals surface area contributed by atoms with Crippen molar-refractivity contribution in [3.63, 3.8) is 0 Å². The standard InChI is InChI=1S/C28H31ClIN3O4S/c1-20(2)17-31-28(35)21(3)32(18-22-9-11-23(29)12-10-22)27(34)19-33(25-15-13-24(30)14-16-25)38(36,37)26-7-5-4-6-8-26/h4-16,20-21H,17-19H2,1-3H3,(H,31,35)/t21-/m1/s1. The van der Waals surface area contributed by atoms with E-state index in [9.17, 15) is 18.0 Å². The Morgan fingerprint density at radius 2 is 1.53 bits per heavy atom. The predicted molar refractivity (Wildman–Crippen MR) is 159 cm³/mol. The van der Waals surface area contributed by atoms with Crippen molar-refractivity contribution >= 4 is 61.7 Å². The van der Waals surface area contributed by atoms with Gasteiger partial charge in [0.05, 0.1) is 10.6 Å². The topological polar surface area (TPSA) is 86.8 Å². The number of sulfonamides is 1. The zero-order valence-corrected chi connectivity index (χ0v) is 25.2. The van der Waals surface area contributed by atoms with Crippen LogP contribution < -0.4 is 9.62 Å². The van der Waals surface area contributed by atoms with Crippen LogP contribution in [0.4, 0.5) is 5.69 Å². The normalized spacial score (nSPS) is 12.2. The number of carbonyl (C=O) groups excluding carboxylic acids is 2. The highest BCUT2D eigenvalue weighted by Gasteiger charge is 2.32.